The summed E-state index contributed by atoms with van der Waals surface area (Å²) in [5.74, 6) is 0. The van der Waals surface area contributed by atoms with Gasteiger partial charge in [-0.15, -0.1) is 0 Å². The highest BCUT2D eigenvalue weighted by Gasteiger charge is 2.20. The maximum atomic E-state index is 11.3. The fourth-order valence-electron chi connectivity index (χ4n) is 1.41. The number of nitrogens with zero attached hydrogens (tertiary/aromatic N) is 4. The van der Waals surface area contributed by atoms with E-state index in [2.05, 4.69) is 10.1 Å². The third kappa shape index (κ3) is 2.20. The SMILES string of the molecule is CS(=O)(=O)c1ccc(-n2cncn2)c([N+](=O)[O-])c1. The lowest BCUT2D eigenvalue weighted by atomic mass is 10.3. The predicted octanol–water partition coefficient (Wildman–Crippen LogP) is 0.579. The lowest BCUT2D eigenvalue weighted by Crippen LogP contribution is -2.04. The molecule has 9 heteroatoms. The van der Waals surface area contributed by atoms with Crippen LogP contribution < -0.4 is 0 Å². The molecule has 0 radical (unpaired) electrons. The van der Waals surface area contributed by atoms with Crippen LogP contribution in [0.25, 0.3) is 5.69 Å². The molecule has 0 saturated heterocycles. The number of benzene rings is 1. The van der Waals surface area contributed by atoms with Gasteiger partial charge in [0.1, 0.15) is 18.3 Å². The number of hydrogen-bond donors (Lipinski definition) is 0. The molecular formula is C9H8N4O4S. The molecular weight excluding hydrogens is 260 g/mol. The molecule has 0 amide bonds. The van der Waals surface area contributed by atoms with E-state index in [-0.39, 0.29) is 16.3 Å². The Morgan fingerprint density at radius 2 is 2.11 bits per heavy atom. The molecule has 0 atom stereocenters. The van der Waals surface area contributed by atoms with Gasteiger partial charge in [-0.25, -0.2) is 18.1 Å². The van der Waals surface area contributed by atoms with Gasteiger partial charge in [0.15, 0.2) is 9.84 Å². The van der Waals surface area contributed by atoms with Crippen LogP contribution in [0.4, 0.5) is 5.69 Å². The summed E-state index contributed by atoms with van der Waals surface area (Å²) in [6.45, 7) is 0. The van der Waals surface area contributed by atoms with Crippen LogP contribution >= 0.6 is 0 Å². The zero-order valence-electron chi connectivity index (χ0n) is 9.22. The standard InChI is InChI=1S/C9H8N4O4S/c1-18(16,17)7-2-3-8(9(4-7)13(14)15)12-6-10-5-11-12/h2-6H,1H3. The summed E-state index contributed by atoms with van der Waals surface area (Å²) >= 11 is 0. The first-order chi connectivity index (χ1) is 8.39. The van der Waals surface area contributed by atoms with Gasteiger partial charge in [-0.05, 0) is 12.1 Å². The lowest BCUT2D eigenvalue weighted by Gasteiger charge is -2.04. The molecule has 0 unspecified atom stereocenters. The normalized spacial score (nSPS) is 11.4. The summed E-state index contributed by atoms with van der Waals surface area (Å²) in [5.41, 5.74) is -0.187. The molecule has 0 aliphatic carbocycles. The summed E-state index contributed by atoms with van der Waals surface area (Å²) < 4.78 is 23.9. The molecule has 1 aromatic carbocycles. The van der Waals surface area contributed by atoms with Gasteiger partial charge in [0, 0.05) is 12.3 Å². The highest BCUT2D eigenvalue weighted by Crippen LogP contribution is 2.25. The molecule has 0 bridgehead atoms. The zero-order valence-corrected chi connectivity index (χ0v) is 10.0. The summed E-state index contributed by atoms with van der Waals surface area (Å²) in [6.07, 6.45) is 3.51. The second-order valence-electron chi connectivity index (χ2n) is 3.52. The molecule has 0 aliphatic rings. The van der Waals surface area contributed by atoms with E-state index in [1.165, 1.54) is 29.5 Å². The summed E-state index contributed by atoms with van der Waals surface area (Å²) in [6, 6.07) is 3.62. The van der Waals surface area contributed by atoms with Gasteiger partial charge in [0.2, 0.25) is 0 Å². The van der Waals surface area contributed by atoms with Crippen molar-refractivity contribution in [3.8, 4) is 5.69 Å². The molecule has 2 rings (SSSR count). The van der Waals surface area contributed by atoms with Crippen LogP contribution in [-0.2, 0) is 9.84 Å². The largest absolute Gasteiger partial charge is 0.296 e. The molecule has 8 nitrogen and oxygen atoms in total. The summed E-state index contributed by atoms with van der Waals surface area (Å²) in [5, 5.41) is 14.7. The molecule has 94 valence electrons. The van der Waals surface area contributed by atoms with E-state index >= 15 is 0 Å². The van der Waals surface area contributed by atoms with Gasteiger partial charge in [0.05, 0.1) is 9.82 Å². The molecule has 0 saturated carbocycles. The van der Waals surface area contributed by atoms with Gasteiger partial charge in [-0.2, -0.15) is 5.10 Å². The molecule has 1 aromatic heterocycles. The van der Waals surface area contributed by atoms with E-state index in [0.717, 1.165) is 12.3 Å². The minimum atomic E-state index is -3.49. The Morgan fingerprint density at radius 1 is 1.39 bits per heavy atom. The second-order valence-corrected chi connectivity index (χ2v) is 5.54. The first kappa shape index (κ1) is 12.2. The van der Waals surface area contributed by atoms with Crippen molar-refractivity contribution in [2.24, 2.45) is 0 Å². The number of nitro benzene ring substituents is 1. The van der Waals surface area contributed by atoms with Crippen molar-refractivity contribution in [3.63, 3.8) is 0 Å². The average molecular weight is 268 g/mol. The molecule has 2 aromatic rings. The maximum Gasteiger partial charge on any atom is 0.296 e. The van der Waals surface area contributed by atoms with Gasteiger partial charge >= 0.3 is 0 Å². The number of aromatic nitrogens is 3. The van der Waals surface area contributed by atoms with Crippen molar-refractivity contribution in [3.05, 3.63) is 41.0 Å². The monoisotopic (exact) mass is 268 g/mol. The van der Waals surface area contributed by atoms with E-state index in [9.17, 15) is 18.5 Å². The summed E-state index contributed by atoms with van der Waals surface area (Å²) in [7, 11) is -3.49. The zero-order chi connectivity index (χ0) is 13.3. The Hall–Kier alpha value is -2.29. The van der Waals surface area contributed by atoms with Gasteiger partial charge < -0.3 is 0 Å². The summed E-state index contributed by atoms with van der Waals surface area (Å²) in [4.78, 5) is 13.9. The number of rotatable bonds is 3. The number of nitro groups is 1. The minimum absolute atomic E-state index is 0.113. The van der Waals surface area contributed by atoms with Gasteiger partial charge in [0.25, 0.3) is 5.69 Å². The van der Waals surface area contributed by atoms with Crippen LogP contribution in [-0.4, -0.2) is 34.4 Å². The van der Waals surface area contributed by atoms with E-state index in [1.807, 2.05) is 0 Å². The first-order valence-electron chi connectivity index (χ1n) is 4.73. The molecule has 0 spiro atoms. The van der Waals surface area contributed by atoms with E-state index in [4.69, 9.17) is 0 Å². The predicted molar refractivity (Wildman–Crippen MR) is 61.1 cm³/mol. The Bertz CT molecular complexity index is 693. The first-order valence-corrected chi connectivity index (χ1v) is 6.62. The smallest absolute Gasteiger partial charge is 0.258 e. The minimum Gasteiger partial charge on any atom is -0.258 e. The highest BCUT2D eigenvalue weighted by atomic mass is 32.2. The Balaban J connectivity index is 2.67. The number of hydrogen-bond acceptors (Lipinski definition) is 6. The van der Waals surface area contributed by atoms with Crippen LogP contribution in [0.1, 0.15) is 0 Å². The van der Waals surface area contributed by atoms with Gasteiger partial charge in [-0.3, -0.25) is 10.1 Å². The van der Waals surface area contributed by atoms with E-state index in [1.54, 1.807) is 0 Å². The molecule has 1 heterocycles. The Morgan fingerprint density at radius 3 is 2.61 bits per heavy atom. The van der Waals surface area contributed by atoms with E-state index < -0.39 is 14.8 Å². The van der Waals surface area contributed by atoms with Crippen molar-refractivity contribution in [1.82, 2.24) is 14.8 Å². The molecule has 0 aliphatic heterocycles. The third-order valence-corrected chi connectivity index (χ3v) is 3.35. The number of sulfone groups is 1. The van der Waals surface area contributed by atoms with Crippen molar-refractivity contribution in [2.75, 3.05) is 6.26 Å². The van der Waals surface area contributed by atoms with Crippen molar-refractivity contribution < 1.29 is 13.3 Å². The second kappa shape index (κ2) is 4.18. The van der Waals surface area contributed by atoms with Crippen LogP contribution in [0.2, 0.25) is 0 Å². The highest BCUT2D eigenvalue weighted by molar-refractivity contribution is 7.90. The molecule has 0 fully saturated rings. The van der Waals surface area contributed by atoms with Crippen molar-refractivity contribution in [2.45, 2.75) is 4.90 Å². The van der Waals surface area contributed by atoms with Crippen LogP contribution in [0.5, 0.6) is 0 Å². The van der Waals surface area contributed by atoms with E-state index in [0.29, 0.717) is 0 Å². The molecule has 18 heavy (non-hydrogen) atoms. The van der Waals surface area contributed by atoms with Crippen LogP contribution in [0.3, 0.4) is 0 Å². The lowest BCUT2D eigenvalue weighted by molar-refractivity contribution is -0.384. The van der Waals surface area contributed by atoms with Crippen molar-refractivity contribution >= 4 is 15.5 Å². The Kier molecular flexibility index (Phi) is 2.83. The fraction of sp³-hybridized carbons (Fsp3) is 0.111. The third-order valence-electron chi connectivity index (χ3n) is 2.24. The topological polar surface area (TPSA) is 108 Å². The maximum absolute atomic E-state index is 11.3. The fourth-order valence-corrected chi connectivity index (χ4v) is 2.05. The van der Waals surface area contributed by atoms with Gasteiger partial charge in [-0.1, -0.05) is 0 Å². The molecule has 0 N–H and O–H groups in total. The van der Waals surface area contributed by atoms with Crippen LogP contribution in [0.15, 0.2) is 35.7 Å². The van der Waals surface area contributed by atoms with Crippen molar-refractivity contribution in [1.29, 1.82) is 0 Å². The van der Waals surface area contributed by atoms with Crippen LogP contribution in [0, 0.1) is 10.1 Å². The quantitative estimate of drug-likeness (QED) is 0.595. The Labute approximate surface area is 102 Å². The average Bonchev–Trinajstić information content (AvgIpc) is 2.80.